The summed E-state index contributed by atoms with van der Waals surface area (Å²) in [6.07, 6.45) is 0.916. The van der Waals surface area contributed by atoms with Crippen molar-refractivity contribution in [2.45, 2.75) is 13.3 Å². The van der Waals surface area contributed by atoms with Crippen LogP contribution in [0.15, 0.2) is 24.3 Å². The van der Waals surface area contributed by atoms with Crippen LogP contribution in [0, 0.1) is 18.7 Å². The molecule has 1 aliphatic rings. The lowest BCUT2D eigenvalue weighted by molar-refractivity contribution is 0.0791. The molecule has 0 aliphatic carbocycles. The van der Waals surface area contributed by atoms with E-state index in [2.05, 4.69) is 5.32 Å². The third-order valence-electron chi connectivity index (χ3n) is 4.43. The summed E-state index contributed by atoms with van der Waals surface area (Å²) in [7, 11) is 0. The predicted molar refractivity (Wildman–Crippen MR) is 101 cm³/mol. The summed E-state index contributed by atoms with van der Waals surface area (Å²) in [5.41, 5.74) is 6.66. The molecule has 3 N–H and O–H groups in total. The van der Waals surface area contributed by atoms with Crippen LogP contribution < -0.4 is 11.1 Å². The Bertz CT molecular complexity index is 855. The summed E-state index contributed by atoms with van der Waals surface area (Å²) in [5, 5.41) is 3.31. The van der Waals surface area contributed by atoms with Crippen LogP contribution in [-0.4, -0.2) is 36.3 Å². The number of rotatable bonds is 4. The molecule has 1 fully saturated rings. The van der Waals surface area contributed by atoms with Crippen LogP contribution in [0.25, 0.3) is 0 Å². The Morgan fingerprint density at radius 3 is 2.85 bits per heavy atom. The maximum absolute atomic E-state index is 13.1. The van der Waals surface area contributed by atoms with Crippen molar-refractivity contribution in [1.29, 1.82) is 0 Å². The number of nitrogens with one attached hydrogen (secondary N) is 1. The highest BCUT2D eigenvalue weighted by molar-refractivity contribution is 7.18. The molecule has 2 aromatic rings. The van der Waals surface area contributed by atoms with E-state index in [0.29, 0.717) is 35.4 Å². The first kappa shape index (κ1) is 18.8. The fraction of sp³-hybridized carbons (Fsp3) is 0.333. The van der Waals surface area contributed by atoms with E-state index < -0.39 is 11.7 Å². The van der Waals surface area contributed by atoms with Gasteiger partial charge < -0.3 is 16.0 Å². The van der Waals surface area contributed by atoms with Crippen molar-refractivity contribution >= 4 is 39.8 Å². The molecule has 1 aliphatic heterocycles. The van der Waals surface area contributed by atoms with Gasteiger partial charge in [-0.1, -0.05) is 11.6 Å². The fourth-order valence-corrected chi connectivity index (χ4v) is 4.25. The van der Waals surface area contributed by atoms with Gasteiger partial charge in [-0.2, -0.15) is 0 Å². The average molecular weight is 396 g/mol. The normalized spacial score (nSPS) is 16.8. The Morgan fingerprint density at radius 2 is 2.19 bits per heavy atom. The maximum atomic E-state index is 13.1. The molecule has 0 radical (unpaired) electrons. The van der Waals surface area contributed by atoms with Gasteiger partial charge in [0.2, 0.25) is 0 Å². The van der Waals surface area contributed by atoms with E-state index in [9.17, 15) is 14.0 Å². The molecule has 2 amide bonds. The maximum Gasteiger partial charge on any atom is 0.264 e. The molecular formula is C18H19ClFN3O2S. The molecule has 1 unspecified atom stereocenters. The summed E-state index contributed by atoms with van der Waals surface area (Å²) < 4.78 is 13.1. The van der Waals surface area contributed by atoms with Gasteiger partial charge in [0.25, 0.3) is 11.8 Å². The van der Waals surface area contributed by atoms with Gasteiger partial charge in [0.15, 0.2) is 0 Å². The molecule has 0 bridgehead atoms. The molecule has 8 heteroatoms. The molecule has 0 spiro atoms. The van der Waals surface area contributed by atoms with E-state index in [0.717, 1.165) is 18.1 Å². The highest BCUT2D eigenvalue weighted by atomic mass is 35.5. The molecule has 5 nitrogen and oxygen atoms in total. The van der Waals surface area contributed by atoms with Crippen LogP contribution in [0.4, 0.5) is 9.39 Å². The summed E-state index contributed by atoms with van der Waals surface area (Å²) in [4.78, 5) is 27.5. The number of carbonyl (C=O) groups is 2. The van der Waals surface area contributed by atoms with Crippen molar-refractivity contribution < 1.29 is 14.0 Å². The standard InChI is InChI=1S/C18H19ClFN3O2S/c1-10-6-15(22-17(24)13-3-2-12(20)7-14(13)19)26-16(10)18(25)23-5-4-11(8-21)9-23/h2-3,6-7,11H,4-5,8-9,21H2,1H3,(H,22,24). The van der Waals surface area contributed by atoms with Crippen molar-refractivity contribution in [2.24, 2.45) is 11.7 Å². The van der Waals surface area contributed by atoms with E-state index in [1.807, 2.05) is 6.92 Å². The number of amides is 2. The molecular weight excluding hydrogens is 377 g/mol. The summed E-state index contributed by atoms with van der Waals surface area (Å²) >= 11 is 7.15. The summed E-state index contributed by atoms with van der Waals surface area (Å²) in [5.74, 6) is -0.643. The van der Waals surface area contributed by atoms with E-state index in [1.165, 1.54) is 23.5 Å². The number of benzene rings is 1. The minimum atomic E-state index is -0.507. The molecule has 1 aromatic heterocycles. The van der Waals surface area contributed by atoms with Gasteiger partial charge in [-0.3, -0.25) is 9.59 Å². The van der Waals surface area contributed by atoms with Crippen molar-refractivity contribution in [1.82, 2.24) is 4.90 Å². The minimum Gasteiger partial charge on any atom is -0.338 e. The number of anilines is 1. The van der Waals surface area contributed by atoms with E-state index in [-0.39, 0.29) is 16.5 Å². The molecule has 138 valence electrons. The summed E-state index contributed by atoms with van der Waals surface area (Å²) in [6, 6.07) is 5.35. The number of thiophene rings is 1. The van der Waals surface area contributed by atoms with E-state index in [1.54, 1.807) is 11.0 Å². The SMILES string of the molecule is Cc1cc(NC(=O)c2ccc(F)cc2Cl)sc1C(=O)N1CCC(CN)C1. The smallest absolute Gasteiger partial charge is 0.264 e. The van der Waals surface area contributed by atoms with Gasteiger partial charge in [0, 0.05) is 13.1 Å². The zero-order valence-electron chi connectivity index (χ0n) is 14.2. The molecule has 1 atom stereocenters. The van der Waals surface area contributed by atoms with E-state index in [4.69, 9.17) is 17.3 Å². The van der Waals surface area contributed by atoms with Gasteiger partial charge in [-0.25, -0.2) is 4.39 Å². The van der Waals surface area contributed by atoms with Crippen molar-refractivity contribution in [3.8, 4) is 0 Å². The molecule has 3 rings (SSSR count). The molecule has 2 heterocycles. The Labute approximate surface area is 159 Å². The lowest BCUT2D eigenvalue weighted by atomic mass is 10.1. The van der Waals surface area contributed by atoms with Gasteiger partial charge in [-0.05, 0) is 55.6 Å². The second-order valence-electron chi connectivity index (χ2n) is 6.34. The van der Waals surface area contributed by atoms with Crippen LogP contribution in [0.5, 0.6) is 0 Å². The number of nitrogens with two attached hydrogens (primary N) is 1. The topological polar surface area (TPSA) is 75.4 Å². The minimum absolute atomic E-state index is 0.0382. The number of aryl methyl sites for hydroxylation is 1. The van der Waals surface area contributed by atoms with Gasteiger partial charge in [0.1, 0.15) is 5.82 Å². The third-order valence-corrected chi connectivity index (χ3v) is 5.88. The Hall–Kier alpha value is -1.96. The van der Waals surface area contributed by atoms with Crippen LogP contribution in [0.2, 0.25) is 5.02 Å². The lowest BCUT2D eigenvalue weighted by Gasteiger charge is -2.15. The average Bonchev–Trinajstić information content (AvgIpc) is 3.20. The Morgan fingerprint density at radius 1 is 1.42 bits per heavy atom. The molecule has 0 saturated carbocycles. The lowest BCUT2D eigenvalue weighted by Crippen LogP contribution is -2.29. The summed E-state index contributed by atoms with van der Waals surface area (Å²) in [6.45, 7) is 3.78. The number of carbonyl (C=O) groups excluding carboxylic acids is 2. The largest absolute Gasteiger partial charge is 0.338 e. The van der Waals surface area contributed by atoms with Crippen LogP contribution in [0.3, 0.4) is 0 Å². The van der Waals surface area contributed by atoms with Crippen molar-refractivity contribution in [3.05, 3.63) is 51.1 Å². The Balaban J connectivity index is 1.74. The quantitative estimate of drug-likeness (QED) is 0.831. The second kappa shape index (κ2) is 7.73. The van der Waals surface area contributed by atoms with Crippen LogP contribution >= 0.6 is 22.9 Å². The zero-order chi connectivity index (χ0) is 18.8. The molecule has 1 saturated heterocycles. The highest BCUT2D eigenvalue weighted by Gasteiger charge is 2.28. The van der Waals surface area contributed by atoms with Crippen LogP contribution in [-0.2, 0) is 0 Å². The monoisotopic (exact) mass is 395 g/mol. The molecule has 1 aromatic carbocycles. The second-order valence-corrected chi connectivity index (χ2v) is 7.80. The van der Waals surface area contributed by atoms with Gasteiger partial charge in [-0.15, -0.1) is 11.3 Å². The third kappa shape index (κ3) is 3.90. The zero-order valence-corrected chi connectivity index (χ0v) is 15.8. The highest BCUT2D eigenvalue weighted by Crippen LogP contribution is 2.30. The first-order chi connectivity index (χ1) is 12.4. The number of hydrogen-bond acceptors (Lipinski definition) is 4. The van der Waals surface area contributed by atoms with Gasteiger partial charge in [0.05, 0.1) is 20.5 Å². The molecule has 26 heavy (non-hydrogen) atoms. The van der Waals surface area contributed by atoms with Crippen molar-refractivity contribution in [3.63, 3.8) is 0 Å². The first-order valence-corrected chi connectivity index (χ1v) is 9.44. The number of nitrogens with zero attached hydrogens (tertiary/aromatic N) is 1. The number of likely N-dealkylation sites (tertiary alicyclic amines) is 1. The number of hydrogen-bond donors (Lipinski definition) is 2. The number of halogens is 2. The van der Waals surface area contributed by atoms with E-state index >= 15 is 0 Å². The first-order valence-electron chi connectivity index (χ1n) is 8.25. The van der Waals surface area contributed by atoms with Gasteiger partial charge >= 0.3 is 0 Å². The Kier molecular flexibility index (Phi) is 5.60. The fourth-order valence-electron chi connectivity index (χ4n) is 2.96. The van der Waals surface area contributed by atoms with Crippen LogP contribution in [0.1, 0.15) is 32.0 Å². The van der Waals surface area contributed by atoms with Crippen molar-refractivity contribution in [2.75, 3.05) is 25.0 Å². The predicted octanol–water partition coefficient (Wildman–Crippen LogP) is 3.52.